The molecule has 2 amide bonds. The number of rotatable bonds is 6. The number of aliphatic hydroxyl groups is 1. The van der Waals surface area contributed by atoms with E-state index >= 15 is 0 Å². The first-order chi connectivity index (χ1) is 10.9. The smallest absolute Gasteiger partial charge is 0.315 e. The van der Waals surface area contributed by atoms with Crippen molar-refractivity contribution in [2.75, 3.05) is 26.2 Å². The van der Waals surface area contributed by atoms with Crippen LogP contribution in [0, 0.1) is 6.92 Å². The van der Waals surface area contributed by atoms with Crippen molar-refractivity contribution in [2.24, 2.45) is 0 Å². The Morgan fingerprint density at radius 3 is 2.78 bits per heavy atom. The number of hydrogen-bond donors (Lipinski definition) is 3. The Balaban J connectivity index is 1.74. The van der Waals surface area contributed by atoms with Crippen molar-refractivity contribution in [2.45, 2.75) is 38.3 Å². The molecule has 1 aromatic heterocycles. The zero-order chi connectivity index (χ0) is 16.9. The molecule has 0 spiro atoms. The van der Waals surface area contributed by atoms with Crippen LogP contribution in [-0.4, -0.2) is 48.3 Å². The fourth-order valence-electron chi connectivity index (χ4n) is 2.74. The minimum absolute atomic E-state index is 0.0983. The Morgan fingerprint density at radius 2 is 2.22 bits per heavy atom. The van der Waals surface area contributed by atoms with Gasteiger partial charge in [-0.25, -0.2) is 4.79 Å². The highest BCUT2D eigenvalue weighted by Gasteiger charge is 2.28. The second-order valence-electron chi connectivity index (χ2n) is 6.37. The van der Waals surface area contributed by atoms with E-state index in [1.807, 2.05) is 13.0 Å². The van der Waals surface area contributed by atoms with Gasteiger partial charge in [0.1, 0.15) is 17.1 Å². The van der Waals surface area contributed by atoms with Gasteiger partial charge in [-0.05, 0) is 38.8 Å². The van der Waals surface area contributed by atoms with E-state index in [9.17, 15) is 9.90 Å². The molecule has 1 fully saturated rings. The van der Waals surface area contributed by atoms with Crippen molar-refractivity contribution in [1.82, 2.24) is 15.5 Å². The Kier molecular flexibility index (Phi) is 5.85. The highest BCUT2D eigenvalue weighted by molar-refractivity contribution is 5.74. The van der Waals surface area contributed by atoms with Gasteiger partial charge in [0.2, 0.25) is 0 Å². The number of hydrogen-bond acceptors (Lipinski definition) is 4. The zero-order valence-electron chi connectivity index (χ0n) is 14.0. The molecular weight excluding hydrogens is 294 g/mol. The summed E-state index contributed by atoms with van der Waals surface area (Å²) in [7, 11) is 0. The van der Waals surface area contributed by atoms with Gasteiger partial charge < -0.3 is 20.2 Å². The number of nitrogens with one attached hydrogen (secondary N) is 2. The average molecular weight is 321 g/mol. The molecule has 1 aromatic rings. The summed E-state index contributed by atoms with van der Waals surface area (Å²) in [5, 5.41) is 16.1. The van der Waals surface area contributed by atoms with Crippen LogP contribution < -0.4 is 10.6 Å². The van der Waals surface area contributed by atoms with Crippen LogP contribution in [0.15, 0.2) is 29.2 Å². The molecule has 0 aromatic carbocycles. The number of nitrogens with zero attached hydrogens (tertiary/aromatic N) is 1. The third-order valence-electron chi connectivity index (χ3n) is 4.17. The highest BCUT2D eigenvalue weighted by Crippen LogP contribution is 2.21. The third kappa shape index (κ3) is 5.11. The maximum atomic E-state index is 12.0. The van der Waals surface area contributed by atoms with Crippen molar-refractivity contribution < 1.29 is 14.3 Å². The number of likely N-dealkylation sites (tertiary alicyclic amines) is 1. The maximum absolute atomic E-state index is 12.0. The van der Waals surface area contributed by atoms with E-state index in [0.29, 0.717) is 5.76 Å². The first-order valence-electron chi connectivity index (χ1n) is 8.07. The van der Waals surface area contributed by atoms with Crippen LogP contribution in [0.5, 0.6) is 0 Å². The first kappa shape index (κ1) is 17.6. The molecule has 0 saturated carbocycles. The first-order valence-corrected chi connectivity index (χ1v) is 8.07. The van der Waals surface area contributed by atoms with Crippen molar-refractivity contribution in [1.29, 1.82) is 0 Å². The molecule has 1 aliphatic rings. The van der Waals surface area contributed by atoms with Gasteiger partial charge in [-0.15, -0.1) is 6.58 Å². The maximum Gasteiger partial charge on any atom is 0.315 e. The molecule has 1 saturated heterocycles. The van der Waals surface area contributed by atoms with Gasteiger partial charge in [-0.1, -0.05) is 6.08 Å². The number of aryl methyl sites for hydroxylation is 1. The molecule has 1 unspecified atom stereocenters. The minimum atomic E-state index is -1.22. The standard InChI is InChI=1S/C17H27N3O3/c1-4-9-20-10-7-14(8-11-20)19-16(21)18-12-17(3,22)15-6-5-13(2)23-15/h4-6,14,22H,1,7-12H2,2-3H3,(H2,18,19,21). The monoisotopic (exact) mass is 321 g/mol. The minimum Gasteiger partial charge on any atom is -0.463 e. The molecule has 1 aliphatic heterocycles. The van der Waals surface area contributed by atoms with E-state index < -0.39 is 5.60 Å². The number of furan rings is 1. The largest absolute Gasteiger partial charge is 0.463 e. The number of carbonyl (C=O) groups is 1. The fourth-order valence-corrected chi connectivity index (χ4v) is 2.74. The molecule has 0 bridgehead atoms. The van der Waals surface area contributed by atoms with Gasteiger partial charge in [-0.2, -0.15) is 0 Å². The predicted molar refractivity (Wildman–Crippen MR) is 89.2 cm³/mol. The van der Waals surface area contributed by atoms with E-state index in [1.54, 1.807) is 19.1 Å². The average Bonchev–Trinajstić information content (AvgIpc) is 2.95. The van der Waals surface area contributed by atoms with Crippen LogP contribution in [0.25, 0.3) is 0 Å². The molecule has 2 heterocycles. The summed E-state index contributed by atoms with van der Waals surface area (Å²) in [6.45, 7) is 10.1. The molecule has 6 nitrogen and oxygen atoms in total. The number of amides is 2. The lowest BCUT2D eigenvalue weighted by Gasteiger charge is -2.31. The van der Waals surface area contributed by atoms with Gasteiger partial charge in [0, 0.05) is 25.7 Å². The van der Waals surface area contributed by atoms with E-state index in [2.05, 4.69) is 22.1 Å². The lowest BCUT2D eigenvalue weighted by atomic mass is 10.0. The summed E-state index contributed by atoms with van der Waals surface area (Å²) < 4.78 is 5.43. The normalized spacial score (nSPS) is 19.1. The molecule has 23 heavy (non-hydrogen) atoms. The number of urea groups is 1. The molecule has 128 valence electrons. The van der Waals surface area contributed by atoms with Crippen LogP contribution in [-0.2, 0) is 5.60 Å². The van der Waals surface area contributed by atoms with E-state index in [0.717, 1.165) is 38.2 Å². The van der Waals surface area contributed by atoms with Crippen LogP contribution >= 0.6 is 0 Å². The van der Waals surface area contributed by atoms with E-state index in [1.165, 1.54) is 0 Å². The summed E-state index contributed by atoms with van der Waals surface area (Å²) in [5.74, 6) is 1.18. The fraction of sp³-hybridized carbons (Fsp3) is 0.588. The predicted octanol–water partition coefficient (Wildman–Crippen LogP) is 1.75. The number of carbonyl (C=O) groups excluding carboxylic acids is 1. The molecule has 1 atom stereocenters. The van der Waals surface area contributed by atoms with Gasteiger partial charge in [0.05, 0.1) is 6.54 Å². The Labute approximate surface area is 137 Å². The van der Waals surface area contributed by atoms with Crippen LogP contribution in [0.4, 0.5) is 4.79 Å². The molecule has 3 N–H and O–H groups in total. The van der Waals surface area contributed by atoms with Gasteiger partial charge in [0.15, 0.2) is 0 Å². The summed E-state index contributed by atoms with van der Waals surface area (Å²) in [6, 6.07) is 3.44. The van der Waals surface area contributed by atoms with E-state index in [-0.39, 0.29) is 18.6 Å². The molecule has 2 rings (SSSR count). The van der Waals surface area contributed by atoms with Gasteiger partial charge in [-0.3, -0.25) is 4.90 Å². The SMILES string of the molecule is C=CCN1CCC(NC(=O)NCC(C)(O)c2ccc(C)o2)CC1. The van der Waals surface area contributed by atoms with Crippen molar-refractivity contribution in [3.05, 3.63) is 36.3 Å². The Bertz CT molecular complexity index is 531. The second kappa shape index (κ2) is 7.66. The second-order valence-corrected chi connectivity index (χ2v) is 6.37. The summed E-state index contributed by atoms with van der Waals surface area (Å²) in [5.41, 5.74) is -1.22. The topological polar surface area (TPSA) is 77.7 Å². The van der Waals surface area contributed by atoms with Crippen LogP contribution in [0.1, 0.15) is 31.3 Å². The van der Waals surface area contributed by atoms with Gasteiger partial charge >= 0.3 is 6.03 Å². The lowest BCUT2D eigenvalue weighted by Crippen LogP contribution is -2.50. The quantitative estimate of drug-likeness (QED) is 0.698. The van der Waals surface area contributed by atoms with Crippen molar-refractivity contribution in [3.8, 4) is 0 Å². The zero-order valence-corrected chi connectivity index (χ0v) is 14.0. The molecule has 0 radical (unpaired) electrons. The van der Waals surface area contributed by atoms with Crippen LogP contribution in [0.3, 0.4) is 0 Å². The van der Waals surface area contributed by atoms with E-state index in [4.69, 9.17) is 4.42 Å². The third-order valence-corrected chi connectivity index (χ3v) is 4.17. The summed E-state index contributed by atoms with van der Waals surface area (Å²) >= 11 is 0. The molecule has 0 aliphatic carbocycles. The Hall–Kier alpha value is -1.79. The van der Waals surface area contributed by atoms with Crippen molar-refractivity contribution >= 4 is 6.03 Å². The summed E-state index contributed by atoms with van der Waals surface area (Å²) in [6.07, 6.45) is 3.75. The highest BCUT2D eigenvalue weighted by atomic mass is 16.4. The van der Waals surface area contributed by atoms with Crippen molar-refractivity contribution in [3.63, 3.8) is 0 Å². The lowest BCUT2D eigenvalue weighted by molar-refractivity contribution is 0.0358. The van der Waals surface area contributed by atoms with Crippen LogP contribution in [0.2, 0.25) is 0 Å². The Morgan fingerprint density at radius 1 is 1.52 bits per heavy atom. The molecular formula is C17H27N3O3. The van der Waals surface area contributed by atoms with Gasteiger partial charge in [0.25, 0.3) is 0 Å². The molecule has 6 heteroatoms. The number of piperidine rings is 1. The summed E-state index contributed by atoms with van der Waals surface area (Å²) in [4.78, 5) is 14.3.